The average molecular weight is 225 g/mol. The van der Waals surface area contributed by atoms with Crippen molar-refractivity contribution in [1.82, 2.24) is 0 Å². The van der Waals surface area contributed by atoms with Crippen LogP contribution in [0.4, 0.5) is 0 Å². The number of hydrogen-bond donors (Lipinski definition) is 1. The third-order valence-electron chi connectivity index (χ3n) is 1.49. The molecule has 0 aliphatic carbocycles. The minimum Gasteiger partial charge on any atom is -0.384 e. The molecule has 1 atom stereocenters. The van der Waals surface area contributed by atoms with Crippen LogP contribution in [-0.4, -0.2) is 5.11 Å². The molecule has 0 radical (unpaired) electrons. The highest BCUT2D eigenvalue weighted by Gasteiger charge is 2.00. The second kappa shape index (κ2) is 4.27. The van der Waals surface area contributed by atoms with E-state index in [2.05, 4.69) is 28.2 Å². The summed E-state index contributed by atoms with van der Waals surface area (Å²) in [6, 6.07) is 7.47. The molecule has 1 N–H and O–H groups in total. The summed E-state index contributed by atoms with van der Waals surface area (Å²) in [7, 11) is 0. The summed E-state index contributed by atoms with van der Waals surface area (Å²) in [4.78, 5) is 0. The lowest BCUT2D eigenvalue weighted by Gasteiger charge is -2.03. The summed E-state index contributed by atoms with van der Waals surface area (Å²) < 4.78 is 1.00. The third-order valence-corrected chi connectivity index (χ3v) is 2.02. The van der Waals surface area contributed by atoms with Crippen LogP contribution in [0.1, 0.15) is 11.7 Å². The number of rotatable bonds is 2. The zero-order valence-electron chi connectivity index (χ0n) is 6.50. The van der Waals surface area contributed by atoms with Crippen LogP contribution in [0.3, 0.4) is 0 Å². The molecular formula is C10H9BrO. The fraction of sp³-hybridized carbons (Fsp3) is 0.100. The van der Waals surface area contributed by atoms with Crippen molar-refractivity contribution in [2.45, 2.75) is 6.10 Å². The number of halogens is 1. The van der Waals surface area contributed by atoms with Crippen molar-refractivity contribution in [1.29, 1.82) is 0 Å². The van der Waals surface area contributed by atoms with Gasteiger partial charge in [-0.1, -0.05) is 34.6 Å². The maximum atomic E-state index is 9.44. The Kier molecular flexibility index (Phi) is 3.30. The lowest BCUT2D eigenvalue weighted by Crippen LogP contribution is -1.90. The summed E-state index contributed by atoms with van der Waals surface area (Å²) in [6.07, 6.45) is 0.916. The molecule has 0 amide bonds. The van der Waals surface area contributed by atoms with E-state index in [9.17, 15) is 5.11 Å². The van der Waals surface area contributed by atoms with E-state index in [0.29, 0.717) is 0 Å². The zero-order valence-corrected chi connectivity index (χ0v) is 8.08. The predicted molar refractivity (Wildman–Crippen MR) is 52.8 cm³/mol. The molecule has 2 heteroatoms. The van der Waals surface area contributed by atoms with Gasteiger partial charge in [-0.15, -0.1) is 5.73 Å². The molecule has 62 valence electrons. The zero-order chi connectivity index (χ0) is 8.97. The normalized spacial score (nSPS) is 11.8. The smallest absolute Gasteiger partial charge is 0.104 e. The van der Waals surface area contributed by atoms with Gasteiger partial charge in [0.2, 0.25) is 0 Å². The lowest BCUT2D eigenvalue weighted by molar-refractivity contribution is 0.229. The SMILES string of the molecule is C=C=C[C@H](O)c1ccc(Br)cc1. The van der Waals surface area contributed by atoms with Gasteiger partial charge >= 0.3 is 0 Å². The molecule has 0 aliphatic heterocycles. The van der Waals surface area contributed by atoms with E-state index < -0.39 is 6.10 Å². The highest BCUT2D eigenvalue weighted by molar-refractivity contribution is 9.10. The van der Waals surface area contributed by atoms with Crippen molar-refractivity contribution >= 4 is 15.9 Å². The fourth-order valence-electron chi connectivity index (χ4n) is 0.868. The van der Waals surface area contributed by atoms with Crippen LogP contribution in [0.25, 0.3) is 0 Å². The maximum Gasteiger partial charge on any atom is 0.104 e. The minimum atomic E-state index is -0.601. The van der Waals surface area contributed by atoms with Crippen molar-refractivity contribution in [2.24, 2.45) is 0 Å². The molecule has 0 saturated heterocycles. The Morgan fingerprint density at radius 1 is 1.42 bits per heavy atom. The Balaban J connectivity index is 2.89. The number of benzene rings is 1. The van der Waals surface area contributed by atoms with Crippen LogP contribution in [0, 0.1) is 0 Å². The maximum absolute atomic E-state index is 9.44. The molecule has 0 aromatic heterocycles. The second-order valence-corrected chi connectivity index (χ2v) is 3.28. The molecule has 12 heavy (non-hydrogen) atoms. The van der Waals surface area contributed by atoms with Gasteiger partial charge in [0.05, 0.1) is 0 Å². The van der Waals surface area contributed by atoms with E-state index in [4.69, 9.17) is 0 Å². The monoisotopic (exact) mass is 224 g/mol. The molecule has 0 aliphatic rings. The van der Waals surface area contributed by atoms with Gasteiger partial charge in [0.1, 0.15) is 6.10 Å². The van der Waals surface area contributed by atoms with E-state index >= 15 is 0 Å². The van der Waals surface area contributed by atoms with E-state index in [0.717, 1.165) is 10.0 Å². The first-order valence-electron chi connectivity index (χ1n) is 3.53. The van der Waals surface area contributed by atoms with E-state index in [1.807, 2.05) is 24.3 Å². The molecule has 0 fully saturated rings. The fourth-order valence-corrected chi connectivity index (χ4v) is 1.13. The van der Waals surface area contributed by atoms with Crippen molar-refractivity contribution in [2.75, 3.05) is 0 Å². The Bertz CT molecular complexity index is 296. The number of aliphatic hydroxyl groups is 1. The Morgan fingerprint density at radius 3 is 2.50 bits per heavy atom. The summed E-state index contributed by atoms with van der Waals surface area (Å²) in [5, 5.41) is 9.44. The molecule has 0 heterocycles. The van der Waals surface area contributed by atoms with Crippen molar-refractivity contribution in [3.63, 3.8) is 0 Å². The van der Waals surface area contributed by atoms with Gasteiger partial charge in [-0.2, -0.15) is 0 Å². The van der Waals surface area contributed by atoms with Gasteiger partial charge in [0.25, 0.3) is 0 Å². The van der Waals surface area contributed by atoms with Gasteiger partial charge in [0, 0.05) is 4.47 Å². The first kappa shape index (κ1) is 9.27. The van der Waals surface area contributed by atoms with Crippen LogP contribution in [0.5, 0.6) is 0 Å². The van der Waals surface area contributed by atoms with Crippen molar-refractivity contribution in [3.05, 3.63) is 52.7 Å². The van der Waals surface area contributed by atoms with Crippen LogP contribution >= 0.6 is 15.9 Å². The van der Waals surface area contributed by atoms with Crippen molar-refractivity contribution < 1.29 is 5.11 Å². The van der Waals surface area contributed by atoms with Gasteiger partial charge in [-0.3, -0.25) is 0 Å². The first-order valence-corrected chi connectivity index (χ1v) is 4.33. The molecule has 0 bridgehead atoms. The Morgan fingerprint density at radius 2 is 2.00 bits per heavy atom. The van der Waals surface area contributed by atoms with Gasteiger partial charge in [-0.25, -0.2) is 0 Å². The number of hydrogen-bond acceptors (Lipinski definition) is 1. The van der Waals surface area contributed by atoms with Gasteiger partial charge in [-0.05, 0) is 23.8 Å². The number of aliphatic hydroxyl groups excluding tert-OH is 1. The highest BCUT2D eigenvalue weighted by atomic mass is 79.9. The molecule has 0 spiro atoms. The van der Waals surface area contributed by atoms with Crippen molar-refractivity contribution in [3.8, 4) is 0 Å². The molecule has 0 saturated carbocycles. The largest absolute Gasteiger partial charge is 0.384 e. The first-order chi connectivity index (χ1) is 5.74. The Hall–Kier alpha value is -0.820. The summed E-state index contributed by atoms with van der Waals surface area (Å²) in [5.74, 6) is 0. The summed E-state index contributed by atoms with van der Waals surface area (Å²) >= 11 is 3.31. The summed E-state index contributed by atoms with van der Waals surface area (Å²) in [6.45, 7) is 3.39. The molecule has 1 rings (SSSR count). The standard InChI is InChI=1S/C10H9BrO/c1-2-3-10(12)8-4-6-9(11)7-5-8/h3-7,10,12H,1H2/t10-/m0/s1. The topological polar surface area (TPSA) is 20.2 Å². The molecule has 1 aromatic carbocycles. The van der Waals surface area contributed by atoms with Gasteiger partial charge < -0.3 is 5.11 Å². The molecule has 1 nitrogen and oxygen atoms in total. The molecule has 1 aromatic rings. The molecular weight excluding hydrogens is 216 g/mol. The van der Waals surface area contributed by atoms with Gasteiger partial charge in [0.15, 0.2) is 0 Å². The Labute approximate surface area is 80.2 Å². The highest BCUT2D eigenvalue weighted by Crippen LogP contribution is 2.16. The second-order valence-electron chi connectivity index (χ2n) is 2.37. The molecule has 0 unspecified atom stereocenters. The summed E-state index contributed by atoms with van der Waals surface area (Å²) in [5.41, 5.74) is 3.39. The van der Waals surface area contributed by atoms with Crippen LogP contribution in [0.2, 0.25) is 0 Å². The average Bonchev–Trinajstić information content (AvgIpc) is 2.06. The van der Waals surface area contributed by atoms with Crippen LogP contribution in [0.15, 0.2) is 47.1 Å². The minimum absolute atomic E-state index is 0.601. The third kappa shape index (κ3) is 2.35. The van der Waals surface area contributed by atoms with E-state index in [1.165, 1.54) is 6.08 Å². The van der Waals surface area contributed by atoms with E-state index in [-0.39, 0.29) is 0 Å². The quantitative estimate of drug-likeness (QED) is 0.767. The lowest BCUT2D eigenvalue weighted by atomic mass is 10.1. The van der Waals surface area contributed by atoms with E-state index in [1.54, 1.807) is 0 Å². The predicted octanol–water partition coefficient (Wildman–Crippen LogP) is 2.82. The van der Waals surface area contributed by atoms with Crippen LogP contribution < -0.4 is 0 Å². The van der Waals surface area contributed by atoms with Crippen LogP contribution in [-0.2, 0) is 0 Å².